The van der Waals surface area contributed by atoms with Crippen LogP contribution in [0.5, 0.6) is 0 Å². The summed E-state index contributed by atoms with van der Waals surface area (Å²) in [5.74, 6) is -0.136. The molecule has 0 aromatic carbocycles. The lowest BCUT2D eigenvalue weighted by molar-refractivity contribution is -0.150. The number of carbonyl (C=O) groups excluding carboxylic acids is 2. The second-order valence-corrected chi connectivity index (χ2v) is 6.41. The van der Waals surface area contributed by atoms with Gasteiger partial charge in [-0.2, -0.15) is 0 Å². The number of thiazole rings is 1. The van der Waals surface area contributed by atoms with E-state index in [0.29, 0.717) is 6.54 Å². The number of hydrogen-bond donors (Lipinski definition) is 1. The van der Waals surface area contributed by atoms with Crippen LogP contribution in [0.15, 0.2) is 11.6 Å². The lowest BCUT2D eigenvalue weighted by Gasteiger charge is -2.41. The van der Waals surface area contributed by atoms with E-state index in [2.05, 4.69) is 10.3 Å². The highest BCUT2D eigenvalue weighted by Crippen LogP contribution is 2.28. The molecule has 0 saturated carbocycles. The van der Waals surface area contributed by atoms with Crippen molar-refractivity contribution in [2.75, 3.05) is 6.54 Å². The molecule has 1 aromatic heterocycles. The molecule has 18 heavy (non-hydrogen) atoms. The largest absolute Gasteiger partial charge is 0.345 e. The van der Waals surface area contributed by atoms with Crippen LogP contribution in [0, 0.1) is 5.41 Å². The molecular formula is C12H17N3O2S. The maximum absolute atomic E-state index is 12.0. The van der Waals surface area contributed by atoms with Gasteiger partial charge in [0.15, 0.2) is 0 Å². The highest BCUT2D eigenvalue weighted by atomic mass is 32.1. The molecule has 2 rings (SSSR count). The van der Waals surface area contributed by atoms with Crippen molar-refractivity contribution in [1.82, 2.24) is 15.2 Å². The van der Waals surface area contributed by atoms with Crippen LogP contribution < -0.4 is 5.32 Å². The summed E-state index contributed by atoms with van der Waals surface area (Å²) in [4.78, 5) is 29.8. The Morgan fingerprint density at radius 2 is 2.22 bits per heavy atom. The molecule has 1 aromatic rings. The molecular weight excluding hydrogens is 250 g/mol. The smallest absolute Gasteiger partial charge is 0.243 e. The van der Waals surface area contributed by atoms with Crippen LogP contribution in [0.3, 0.4) is 0 Å². The van der Waals surface area contributed by atoms with Gasteiger partial charge in [0.2, 0.25) is 11.8 Å². The van der Waals surface area contributed by atoms with Crippen LogP contribution in [-0.2, 0) is 16.1 Å². The summed E-state index contributed by atoms with van der Waals surface area (Å²) in [6.07, 6.45) is 1.71. The molecule has 98 valence electrons. The van der Waals surface area contributed by atoms with Crippen LogP contribution >= 0.6 is 11.3 Å². The van der Waals surface area contributed by atoms with Crippen molar-refractivity contribution in [3.05, 3.63) is 16.6 Å². The summed E-state index contributed by atoms with van der Waals surface area (Å²) in [5, 5.41) is 5.38. The van der Waals surface area contributed by atoms with Crippen molar-refractivity contribution in [2.24, 2.45) is 5.41 Å². The van der Waals surface area contributed by atoms with E-state index >= 15 is 0 Å². The molecule has 5 nitrogen and oxygen atoms in total. The number of carbonyl (C=O) groups is 2. The Labute approximate surface area is 110 Å². The fourth-order valence-corrected chi connectivity index (χ4v) is 2.78. The highest BCUT2D eigenvalue weighted by Gasteiger charge is 2.42. The van der Waals surface area contributed by atoms with E-state index < -0.39 is 6.04 Å². The first-order valence-corrected chi connectivity index (χ1v) is 6.73. The predicted molar refractivity (Wildman–Crippen MR) is 68.9 cm³/mol. The summed E-state index contributed by atoms with van der Waals surface area (Å²) in [6.45, 7) is 6.38. The van der Waals surface area contributed by atoms with Crippen molar-refractivity contribution in [3.63, 3.8) is 0 Å². The van der Waals surface area contributed by atoms with Gasteiger partial charge in [0, 0.05) is 11.6 Å². The molecule has 0 spiro atoms. The number of rotatable bonds is 2. The molecule has 1 aliphatic heterocycles. The minimum absolute atomic E-state index is 0.0512. The Kier molecular flexibility index (Phi) is 3.38. The predicted octanol–water partition coefficient (Wildman–Crippen LogP) is 1.02. The zero-order valence-electron chi connectivity index (χ0n) is 10.8. The molecule has 2 amide bonds. The molecule has 1 fully saturated rings. The maximum Gasteiger partial charge on any atom is 0.243 e. The monoisotopic (exact) mass is 267 g/mol. The van der Waals surface area contributed by atoms with Crippen LogP contribution in [0.4, 0.5) is 0 Å². The van der Waals surface area contributed by atoms with Crippen LogP contribution in [0.25, 0.3) is 0 Å². The number of hydrogen-bond acceptors (Lipinski definition) is 4. The van der Waals surface area contributed by atoms with E-state index in [1.807, 2.05) is 26.2 Å². The van der Waals surface area contributed by atoms with Gasteiger partial charge in [-0.15, -0.1) is 11.3 Å². The number of piperazine rings is 1. The van der Waals surface area contributed by atoms with E-state index in [-0.39, 0.29) is 23.8 Å². The molecule has 1 N–H and O–H groups in total. The van der Waals surface area contributed by atoms with Gasteiger partial charge in [0.25, 0.3) is 0 Å². The number of nitrogens with one attached hydrogen (secondary N) is 1. The third-order valence-corrected chi connectivity index (χ3v) is 3.67. The molecule has 6 heteroatoms. The van der Waals surface area contributed by atoms with Gasteiger partial charge >= 0.3 is 0 Å². The molecule has 1 aliphatic rings. The maximum atomic E-state index is 12.0. The SMILES string of the molecule is CC(C)(C)C1C(=O)NCC(=O)N1Cc1nccs1. The zero-order valence-corrected chi connectivity index (χ0v) is 11.6. The first-order chi connectivity index (χ1) is 8.39. The summed E-state index contributed by atoms with van der Waals surface area (Å²) < 4.78 is 0. The molecule has 0 aliphatic carbocycles. The van der Waals surface area contributed by atoms with E-state index in [1.165, 1.54) is 11.3 Å². The third kappa shape index (κ3) is 2.53. The molecule has 0 bridgehead atoms. The zero-order chi connectivity index (χ0) is 13.3. The normalized spacial score (nSPS) is 21.1. The Bertz CT molecular complexity index is 450. The highest BCUT2D eigenvalue weighted by molar-refractivity contribution is 7.09. The fourth-order valence-electron chi connectivity index (χ4n) is 2.16. The Balaban J connectivity index is 2.26. The standard InChI is InChI=1S/C12H17N3O2S/c1-12(2,3)10-11(17)14-6-9(16)15(10)7-8-13-4-5-18-8/h4-5,10H,6-7H2,1-3H3,(H,14,17). The van der Waals surface area contributed by atoms with E-state index in [1.54, 1.807) is 11.1 Å². The Hall–Kier alpha value is -1.43. The first-order valence-electron chi connectivity index (χ1n) is 5.85. The lowest BCUT2D eigenvalue weighted by Crippen LogP contribution is -2.62. The summed E-state index contributed by atoms with van der Waals surface area (Å²) >= 11 is 1.50. The molecule has 1 unspecified atom stereocenters. The van der Waals surface area contributed by atoms with Crippen molar-refractivity contribution < 1.29 is 9.59 Å². The van der Waals surface area contributed by atoms with Crippen LogP contribution in [0.1, 0.15) is 25.8 Å². The van der Waals surface area contributed by atoms with Crippen molar-refractivity contribution in [1.29, 1.82) is 0 Å². The molecule has 1 atom stereocenters. The van der Waals surface area contributed by atoms with Gasteiger partial charge in [0.05, 0.1) is 13.1 Å². The lowest BCUT2D eigenvalue weighted by atomic mass is 9.84. The van der Waals surface area contributed by atoms with Gasteiger partial charge in [-0.05, 0) is 5.41 Å². The Morgan fingerprint density at radius 3 is 2.78 bits per heavy atom. The second-order valence-electron chi connectivity index (χ2n) is 5.43. The molecule has 1 saturated heterocycles. The summed E-state index contributed by atoms with van der Waals surface area (Å²) in [6, 6.07) is -0.442. The summed E-state index contributed by atoms with van der Waals surface area (Å²) in [7, 11) is 0. The first kappa shape index (κ1) is 13.0. The van der Waals surface area contributed by atoms with Crippen LogP contribution in [0.2, 0.25) is 0 Å². The minimum Gasteiger partial charge on any atom is -0.345 e. The van der Waals surface area contributed by atoms with Gasteiger partial charge < -0.3 is 10.2 Å². The van der Waals surface area contributed by atoms with E-state index in [9.17, 15) is 9.59 Å². The van der Waals surface area contributed by atoms with Crippen molar-refractivity contribution in [3.8, 4) is 0 Å². The average Bonchev–Trinajstić information content (AvgIpc) is 2.74. The topological polar surface area (TPSA) is 62.3 Å². The van der Waals surface area contributed by atoms with Crippen molar-refractivity contribution in [2.45, 2.75) is 33.4 Å². The van der Waals surface area contributed by atoms with E-state index in [4.69, 9.17) is 0 Å². The van der Waals surface area contributed by atoms with Crippen molar-refractivity contribution >= 4 is 23.2 Å². The minimum atomic E-state index is -0.442. The van der Waals surface area contributed by atoms with Gasteiger partial charge in [0.1, 0.15) is 11.0 Å². The molecule has 0 radical (unpaired) electrons. The quantitative estimate of drug-likeness (QED) is 0.870. The Morgan fingerprint density at radius 1 is 1.50 bits per heavy atom. The average molecular weight is 267 g/mol. The second kappa shape index (κ2) is 4.68. The van der Waals surface area contributed by atoms with Gasteiger partial charge in [-0.3, -0.25) is 9.59 Å². The molecule has 2 heterocycles. The summed E-state index contributed by atoms with van der Waals surface area (Å²) in [5.41, 5.74) is -0.294. The van der Waals surface area contributed by atoms with Gasteiger partial charge in [-0.25, -0.2) is 4.98 Å². The van der Waals surface area contributed by atoms with Gasteiger partial charge in [-0.1, -0.05) is 20.8 Å². The number of aromatic nitrogens is 1. The fraction of sp³-hybridized carbons (Fsp3) is 0.583. The van der Waals surface area contributed by atoms with E-state index in [0.717, 1.165) is 5.01 Å². The van der Waals surface area contributed by atoms with Crippen LogP contribution in [-0.4, -0.2) is 34.3 Å². The number of amides is 2. The number of nitrogens with zero attached hydrogens (tertiary/aromatic N) is 2. The third-order valence-electron chi connectivity index (χ3n) is 2.90.